The number of anilines is 1. The Morgan fingerprint density at radius 1 is 1.00 bits per heavy atom. The number of sulfonamides is 1. The van der Waals surface area contributed by atoms with E-state index in [4.69, 9.17) is 0 Å². The number of carbonyl (C=O) groups excluding carboxylic acids is 1. The highest BCUT2D eigenvalue weighted by Crippen LogP contribution is 2.28. The molecule has 3 rings (SSSR count). The van der Waals surface area contributed by atoms with Gasteiger partial charge in [0.1, 0.15) is 0 Å². The van der Waals surface area contributed by atoms with Crippen LogP contribution in [0.1, 0.15) is 36.0 Å². The van der Waals surface area contributed by atoms with Crippen LogP contribution in [0.4, 0.5) is 5.69 Å². The topological polar surface area (TPSA) is 75.3 Å². The van der Waals surface area contributed by atoms with Crippen molar-refractivity contribution in [2.45, 2.75) is 35.8 Å². The molecular formula is C20H24N2O3S2. The van der Waals surface area contributed by atoms with Crippen LogP contribution in [-0.2, 0) is 10.0 Å². The van der Waals surface area contributed by atoms with Crippen molar-refractivity contribution in [3.63, 3.8) is 0 Å². The van der Waals surface area contributed by atoms with Gasteiger partial charge in [-0.2, -0.15) is 11.8 Å². The van der Waals surface area contributed by atoms with E-state index in [2.05, 4.69) is 10.0 Å². The monoisotopic (exact) mass is 404 g/mol. The van der Waals surface area contributed by atoms with Gasteiger partial charge in [0.25, 0.3) is 15.9 Å². The molecule has 2 aromatic carbocycles. The van der Waals surface area contributed by atoms with Gasteiger partial charge in [-0.05, 0) is 49.2 Å². The predicted molar refractivity (Wildman–Crippen MR) is 111 cm³/mol. The minimum atomic E-state index is -3.63. The first kappa shape index (κ1) is 19.8. The molecule has 0 bridgehead atoms. The quantitative estimate of drug-likeness (QED) is 0.655. The predicted octanol–water partition coefficient (Wildman–Crippen LogP) is 3.89. The van der Waals surface area contributed by atoms with Gasteiger partial charge in [-0.1, -0.05) is 31.0 Å². The molecule has 0 atom stereocenters. The largest absolute Gasteiger partial charge is 0.351 e. The van der Waals surface area contributed by atoms with Gasteiger partial charge in [-0.15, -0.1) is 0 Å². The average molecular weight is 405 g/mol. The summed E-state index contributed by atoms with van der Waals surface area (Å²) < 4.78 is 27.1. The van der Waals surface area contributed by atoms with Crippen molar-refractivity contribution in [3.8, 4) is 0 Å². The van der Waals surface area contributed by atoms with E-state index in [9.17, 15) is 13.2 Å². The van der Waals surface area contributed by atoms with Crippen molar-refractivity contribution in [1.29, 1.82) is 0 Å². The van der Waals surface area contributed by atoms with Crippen molar-refractivity contribution in [3.05, 3.63) is 60.2 Å². The lowest BCUT2D eigenvalue weighted by Crippen LogP contribution is -2.26. The molecule has 0 aliphatic heterocycles. The number of hydrogen-bond acceptors (Lipinski definition) is 4. The van der Waals surface area contributed by atoms with Crippen LogP contribution in [-0.4, -0.2) is 31.9 Å². The van der Waals surface area contributed by atoms with Gasteiger partial charge in [0, 0.05) is 28.8 Å². The molecule has 1 aliphatic rings. The third-order valence-corrected chi connectivity index (χ3v) is 7.28. The number of rotatable bonds is 8. The summed E-state index contributed by atoms with van der Waals surface area (Å²) in [4.78, 5) is 12.4. The second kappa shape index (κ2) is 9.28. The first-order valence-corrected chi connectivity index (χ1v) is 11.7. The molecule has 144 valence electrons. The van der Waals surface area contributed by atoms with E-state index < -0.39 is 10.0 Å². The van der Waals surface area contributed by atoms with E-state index in [1.54, 1.807) is 42.5 Å². The van der Waals surface area contributed by atoms with Crippen LogP contribution in [0.25, 0.3) is 0 Å². The maximum Gasteiger partial charge on any atom is 0.261 e. The van der Waals surface area contributed by atoms with Crippen LogP contribution < -0.4 is 10.0 Å². The van der Waals surface area contributed by atoms with Gasteiger partial charge >= 0.3 is 0 Å². The Hall–Kier alpha value is -1.99. The van der Waals surface area contributed by atoms with Crippen LogP contribution >= 0.6 is 11.8 Å². The molecule has 5 nitrogen and oxygen atoms in total. The zero-order chi connectivity index (χ0) is 19.1. The van der Waals surface area contributed by atoms with Crippen LogP contribution in [0, 0.1) is 0 Å². The summed E-state index contributed by atoms with van der Waals surface area (Å²) in [6.45, 7) is 0.641. The highest BCUT2D eigenvalue weighted by molar-refractivity contribution is 7.99. The smallest absolute Gasteiger partial charge is 0.261 e. The lowest BCUT2D eigenvalue weighted by atomic mass is 10.2. The third-order valence-electron chi connectivity index (χ3n) is 4.50. The summed E-state index contributed by atoms with van der Waals surface area (Å²) in [5.74, 6) is 0.783. The van der Waals surface area contributed by atoms with E-state index in [1.165, 1.54) is 37.8 Å². The molecule has 0 aromatic heterocycles. The van der Waals surface area contributed by atoms with Crippen LogP contribution in [0.5, 0.6) is 0 Å². The van der Waals surface area contributed by atoms with Crippen LogP contribution in [0.2, 0.25) is 0 Å². The number of thioether (sulfide) groups is 1. The Labute approximate surface area is 165 Å². The molecule has 7 heteroatoms. The average Bonchev–Trinajstić information content (AvgIpc) is 3.20. The minimum Gasteiger partial charge on any atom is -0.351 e. The molecule has 27 heavy (non-hydrogen) atoms. The zero-order valence-corrected chi connectivity index (χ0v) is 16.7. The van der Waals surface area contributed by atoms with Crippen LogP contribution in [0.15, 0.2) is 59.5 Å². The first-order valence-electron chi connectivity index (χ1n) is 9.12. The molecule has 1 saturated carbocycles. The van der Waals surface area contributed by atoms with Crippen molar-refractivity contribution < 1.29 is 13.2 Å². The molecule has 0 spiro atoms. The molecule has 1 aliphatic carbocycles. The maximum absolute atomic E-state index is 12.3. The van der Waals surface area contributed by atoms with E-state index in [0.29, 0.717) is 17.8 Å². The molecule has 2 aromatic rings. The second-order valence-electron chi connectivity index (χ2n) is 6.53. The van der Waals surface area contributed by atoms with Crippen molar-refractivity contribution in [2.75, 3.05) is 17.0 Å². The van der Waals surface area contributed by atoms with Crippen molar-refractivity contribution in [2.24, 2.45) is 0 Å². The van der Waals surface area contributed by atoms with E-state index >= 15 is 0 Å². The third kappa shape index (κ3) is 5.74. The maximum atomic E-state index is 12.3. The Morgan fingerprint density at radius 2 is 1.67 bits per heavy atom. The van der Waals surface area contributed by atoms with Gasteiger partial charge in [0.05, 0.1) is 4.90 Å². The fourth-order valence-corrected chi connectivity index (χ4v) is 5.35. The van der Waals surface area contributed by atoms with Crippen LogP contribution in [0.3, 0.4) is 0 Å². The molecular weight excluding hydrogens is 380 g/mol. The second-order valence-corrected chi connectivity index (χ2v) is 9.62. The fraction of sp³-hybridized carbons (Fsp3) is 0.350. The Morgan fingerprint density at radius 3 is 2.33 bits per heavy atom. The molecule has 0 heterocycles. The lowest BCUT2D eigenvalue weighted by molar-refractivity contribution is 0.0956. The first-order chi connectivity index (χ1) is 13.0. The molecule has 1 amide bonds. The number of benzene rings is 2. The summed E-state index contributed by atoms with van der Waals surface area (Å²) in [5.41, 5.74) is 0.940. The fourth-order valence-electron chi connectivity index (χ4n) is 3.05. The van der Waals surface area contributed by atoms with Gasteiger partial charge < -0.3 is 5.32 Å². The molecule has 1 fully saturated rings. The molecule has 0 saturated heterocycles. The summed E-state index contributed by atoms with van der Waals surface area (Å²) in [5, 5.41) is 3.67. The lowest BCUT2D eigenvalue weighted by Gasteiger charge is -2.10. The Kier molecular flexibility index (Phi) is 6.79. The van der Waals surface area contributed by atoms with E-state index in [0.717, 1.165) is 11.0 Å². The van der Waals surface area contributed by atoms with Gasteiger partial charge in [-0.3, -0.25) is 9.52 Å². The summed E-state index contributed by atoms with van der Waals surface area (Å²) in [7, 11) is -3.63. The molecule has 0 radical (unpaired) electrons. The molecule has 0 unspecified atom stereocenters. The standard InChI is InChI=1S/C20H24N2O3S2/c23-20(21-14-15-26-18-6-4-5-7-18)16-10-12-17(13-11-16)22-27(24,25)19-8-2-1-3-9-19/h1-3,8-13,18,22H,4-7,14-15H2,(H,21,23). The van der Waals surface area contributed by atoms with Gasteiger partial charge in [0.15, 0.2) is 0 Å². The molecule has 2 N–H and O–H groups in total. The Bertz CT molecular complexity index is 847. The highest BCUT2D eigenvalue weighted by atomic mass is 32.2. The highest BCUT2D eigenvalue weighted by Gasteiger charge is 2.15. The number of hydrogen-bond donors (Lipinski definition) is 2. The summed E-state index contributed by atoms with van der Waals surface area (Å²) in [6, 6.07) is 14.6. The Balaban J connectivity index is 1.49. The number of carbonyl (C=O) groups is 1. The SMILES string of the molecule is O=C(NCCSC1CCCC1)c1ccc(NS(=O)(=O)c2ccccc2)cc1. The zero-order valence-electron chi connectivity index (χ0n) is 15.1. The number of amides is 1. The van der Waals surface area contributed by atoms with Gasteiger partial charge in [0.2, 0.25) is 0 Å². The minimum absolute atomic E-state index is 0.139. The summed E-state index contributed by atoms with van der Waals surface area (Å²) >= 11 is 1.94. The van der Waals surface area contributed by atoms with Crippen molar-refractivity contribution in [1.82, 2.24) is 5.32 Å². The summed E-state index contributed by atoms with van der Waals surface area (Å²) in [6.07, 6.45) is 5.23. The normalized spacial score (nSPS) is 14.8. The van der Waals surface area contributed by atoms with Gasteiger partial charge in [-0.25, -0.2) is 8.42 Å². The van der Waals surface area contributed by atoms with E-state index in [-0.39, 0.29) is 10.8 Å². The number of nitrogens with one attached hydrogen (secondary N) is 2. The van der Waals surface area contributed by atoms with E-state index in [1.807, 2.05) is 11.8 Å². The van der Waals surface area contributed by atoms with Crippen molar-refractivity contribution >= 4 is 33.4 Å².